The van der Waals surface area contributed by atoms with Crippen molar-refractivity contribution in [3.63, 3.8) is 0 Å². The molecule has 0 aromatic heterocycles. The minimum atomic E-state index is -4.71. The molecule has 0 aromatic rings. The van der Waals surface area contributed by atoms with Gasteiger partial charge in [-0.1, -0.05) is 65.2 Å². The number of esters is 1. The van der Waals surface area contributed by atoms with Gasteiger partial charge < -0.3 is 25.2 Å². The Kier molecular flexibility index (Phi) is 18.9. The van der Waals surface area contributed by atoms with Crippen LogP contribution < -0.4 is 5.32 Å². The molecule has 0 aliphatic rings. The molecule has 3 atom stereocenters. The highest BCUT2D eigenvalue weighted by atomic mass is 31.2. The Balaban J connectivity index is 4.20. The van der Waals surface area contributed by atoms with E-state index in [1.54, 1.807) is 0 Å². The predicted octanol–water partition coefficient (Wildman–Crippen LogP) is 3.31. The van der Waals surface area contributed by atoms with Gasteiger partial charge in [-0.25, -0.2) is 9.36 Å². The SMILES string of the molecule is CCCCCCCCCCC(=O)NC(COP(=O)(O)OCC(O)COC(=O)CCCC)C(=O)O. The highest BCUT2D eigenvalue weighted by molar-refractivity contribution is 7.47. The van der Waals surface area contributed by atoms with Crippen LogP contribution in [0.1, 0.15) is 90.9 Å². The molecule has 1 amide bonds. The highest BCUT2D eigenvalue weighted by Crippen LogP contribution is 2.43. The number of aliphatic hydroxyl groups excluding tert-OH is 1. The van der Waals surface area contributed by atoms with Crippen LogP contribution in [-0.2, 0) is 32.7 Å². The third kappa shape index (κ3) is 18.9. The molecule has 0 spiro atoms. The summed E-state index contributed by atoms with van der Waals surface area (Å²) in [6, 6.07) is -1.53. The van der Waals surface area contributed by atoms with Crippen molar-refractivity contribution in [3.05, 3.63) is 0 Å². The van der Waals surface area contributed by atoms with Crippen LogP contribution in [0, 0.1) is 0 Å². The molecule has 0 heterocycles. The van der Waals surface area contributed by atoms with E-state index in [4.69, 9.17) is 4.74 Å². The Labute approximate surface area is 202 Å². The van der Waals surface area contributed by atoms with Crippen molar-refractivity contribution in [2.24, 2.45) is 0 Å². The van der Waals surface area contributed by atoms with Crippen LogP contribution in [0.2, 0.25) is 0 Å². The molecule has 0 bridgehead atoms. The molecule has 0 aliphatic carbocycles. The number of phosphoric ester groups is 1. The molecule has 200 valence electrons. The second-order valence-electron chi connectivity index (χ2n) is 8.18. The van der Waals surface area contributed by atoms with Crippen LogP contribution in [0.15, 0.2) is 0 Å². The number of nitrogens with one attached hydrogen (secondary N) is 1. The minimum absolute atomic E-state index is 0.148. The number of ether oxygens (including phenoxy) is 1. The topological polar surface area (TPSA) is 169 Å². The van der Waals surface area contributed by atoms with E-state index >= 15 is 0 Å². The van der Waals surface area contributed by atoms with Gasteiger partial charge in [0, 0.05) is 12.8 Å². The van der Waals surface area contributed by atoms with E-state index in [9.17, 15) is 34.1 Å². The van der Waals surface area contributed by atoms with Gasteiger partial charge in [0.25, 0.3) is 0 Å². The first-order valence-electron chi connectivity index (χ1n) is 12.1. The Morgan fingerprint density at radius 2 is 1.38 bits per heavy atom. The molecule has 4 N–H and O–H groups in total. The quantitative estimate of drug-likeness (QED) is 0.0961. The summed E-state index contributed by atoms with van der Waals surface area (Å²) in [5, 5.41) is 21.2. The zero-order valence-electron chi connectivity index (χ0n) is 20.4. The summed E-state index contributed by atoms with van der Waals surface area (Å²) in [6.07, 6.45) is 8.83. The number of carboxylic acid groups (broad SMARTS) is 1. The molecule has 0 saturated carbocycles. The number of unbranched alkanes of at least 4 members (excludes halogenated alkanes) is 8. The molecule has 0 aliphatic heterocycles. The molecule has 0 radical (unpaired) electrons. The standard InChI is InChI=1S/C22H42NO10P/c1-3-5-7-8-9-10-11-12-13-20(25)23-19(22(27)28)17-33-34(29,30)32-16-18(24)15-31-21(26)14-6-4-2/h18-19,24H,3-17H2,1-2H3,(H,23,25)(H,27,28)(H,29,30). The number of carboxylic acids is 1. The maximum absolute atomic E-state index is 12.0. The fourth-order valence-electron chi connectivity index (χ4n) is 2.88. The highest BCUT2D eigenvalue weighted by Gasteiger charge is 2.28. The number of aliphatic hydroxyl groups is 1. The van der Waals surface area contributed by atoms with Gasteiger partial charge in [-0.05, 0) is 12.8 Å². The number of carbonyl (C=O) groups excluding carboxylic acids is 2. The van der Waals surface area contributed by atoms with E-state index in [-0.39, 0.29) is 12.8 Å². The van der Waals surface area contributed by atoms with Gasteiger partial charge in [-0.15, -0.1) is 0 Å². The van der Waals surface area contributed by atoms with Gasteiger partial charge in [-0.2, -0.15) is 0 Å². The molecule has 12 heteroatoms. The maximum atomic E-state index is 12.0. The normalized spacial score (nSPS) is 14.7. The Hall–Kier alpha value is -1.52. The van der Waals surface area contributed by atoms with Gasteiger partial charge in [-0.3, -0.25) is 18.6 Å². The van der Waals surface area contributed by atoms with Crippen molar-refractivity contribution in [2.75, 3.05) is 19.8 Å². The number of aliphatic carboxylic acids is 1. The molecule has 0 rings (SSSR count). The van der Waals surface area contributed by atoms with Gasteiger partial charge in [0.05, 0.1) is 13.2 Å². The number of hydrogen-bond donors (Lipinski definition) is 4. The van der Waals surface area contributed by atoms with Crippen LogP contribution in [0.25, 0.3) is 0 Å². The summed E-state index contributed by atoms with van der Waals surface area (Å²) in [7, 11) is -4.71. The fraction of sp³-hybridized carbons (Fsp3) is 0.864. The van der Waals surface area contributed by atoms with Crippen molar-refractivity contribution in [3.8, 4) is 0 Å². The van der Waals surface area contributed by atoms with Crippen LogP contribution in [0.4, 0.5) is 0 Å². The Morgan fingerprint density at radius 3 is 1.97 bits per heavy atom. The monoisotopic (exact) mass is 511 g/mol. The molecular weight excluding hydrogens is 469 g/mol. The van der Waals surface area contributed by atoms with E-state index in [1.807, 2.05) is 6.92 Å². The summed E-state index contributed by atoms with van der Waals surface area (Å²) in [5.74, 6) is -2.42. The Bertz CT molecular complexity index is 631. The largest absolute Gasteiger partial charge is 0.480 e. The lowest BCUT2D eigenvalue weighted by molar-refractivity contribution is -0.147. The second-order valence-corrected chi connectivity index (χ2v) is 9.64. The van der Waals surface area contributed by atoms with E-state index in [1.165, 1.54) is 25.7 Å². The second kappa shape index (κ2) is 19.8. The van der Waals surface area contributed by atoms with Crippen molar-refractivity contribution < 1.29 is 47.8 Å². The summed E-state index contributed by atoms with van der Waals surface area (Å²) in [6.45, 7) is 2.18. The van der Waals surface area contributed by atoms with Crippen LogP contribution >= 0.6 is 7.82 Å². The molecule has 3 unspecified atom stereocenters. The van der Waals surface area contributed by atoms with Gasteiger partial charge in [0.15, 0.2) is 6.04 Å². The maximum Gasteiger partial charge on any atom is 0.472 e. The number of hydrogen-bond acceptors (Lipinski definition) is 8. The fourth-order valence-corrected chi connectivity index (χ4v) is 3.65. The van der Waals surface area contributed by atoms with Gasteiger partial charge in [0.2, 0.25) is 5.91 Å². The molecule has 0 aromatic carbocycles. The van der Waals surface area contributed by atoms with Crippen LogP contribution in [0.5, 0.6) is 0 Å². The van der Waals surface area contributed by atoms with Gasteiger partial charge >= 0.3 is 19.8 Å². The number of carbonyl (C=O) groups is 3. The van der Waals surface area contributed by atoms with Crippen LogP contribution in [-0.4, -0.2) is 64.9 Å². The Morgan fingerprint density at radius 1 is 0.824 bits per heavy atom. The molecule has 0 saturated heterocycles. The zero-order valence-corrected chi connectivity index (χ0v) is 21.3. The summed E-state index contributed by atoms with van der Waals surface area (Å²) in [5.41, 5.74) is 0. The summed E-state index contributed by atoms with van der Waals surface area (Å²) >= 11 is 0. The first-order chi connectivity index (χ1) is 16.1. The molecule has 0 fully saturated rings. The lowest BCUT2D eigenvalue weighted by Gasteiger charge is -2.18. The summed E-state index contributed by atoms with van der Waals surface area (Å²) in [4.78, 5) is 44.4. The third-order valence-electron chi connectivity index (χ3n) is 4.90. The van der Waals surface area contributed by atoms with Crippen LogP contribution in [0.3, 0.4) is 0 Å². The summed E-state index contributed by atoms with van der Waals surface area (Å²) < 4.78 is 26.0. The molecule has 34 heavy (non-hydrogen) atoms. The predicted molar refractivity (Wildman–Crippen MR) is 125 cm³/mol. The number of rotatable bonds is 22. The van der Waals surface area contributed by atoms with E-state index in [2.05, 4.69) is 21.3 Å². The van der Waals surface area contributed by atoms with E-state index < -0.39 is 57.6 Å². The van der Waals surface area contributed by atoms with Crippen molar-refractivity contribution in [1.29, 1.82) is 0 Å². The third-order valence-corrected chi connectivity index (χ3v) is 5.85. The number of phosphoric acid groups is 1. The average molecular weight is 512 g/mol. The lowest BCUT2D eigenvalue weighted by Crippen LogP contribution is -2.43. The first-order valence-corrected chi connectivity index (χ1v) is 13.6. The van der Waals surface area contributed by atoms with Crippen molar-refractivity contribution in [2.45, 2.75) is 103 Å². The minimum Gasteiger partial charge on any atom is -0.480 e. The van der Waals surface area contributed by atoms with Crippen molar-refractivity contribution >= 4 is 25.7 Å². The zero-order chi connectivity index (χ0) is 25.8. The first kappa shape index (κ1) is 32.5. The van der Waals surface area contributed by atoms with Gasteiger partial charge in [0.1, 0.15) is 12.7 Å². The smallest absolute Gasteiger partial charge is 0.472 e. The van der Waals surface area contributed by atoms with E-state index in [0.29, 0.717) is 12.8 Å². The number of amides is 1. The molecule has 11 nitrogen and oxygen atoms in total. The average Bonchev–Trinajstić information content (AvgIpc) is 2.79. The van der Waals surface area contributed by atoms with E-state index in [0.717, 1.165) is 25.7 Å². The van der Waals surface area contributed by atoms with Crippen molar-refractivity contribution in [1.82, 2.24) is 5.32 Å². The molecular formula is C22H42NO10P. The lowest BCUT2D eigenvalue weighted by atomic mass is 10.1.